The van der Waals surface area contributed by atoms with E-state index in [4.69, 9.17) is 4.74 Å². The van der Waals surface area contributed by atoms with Gasteiger partial charge in [-0.3, -0.25) is 9.59 Å². The highest BCUT2D eigenvalue weighted by atomic mass is 16.5. The third-order valence-electron chi connectivity index (χ3n) is 5.86. The Morgan fingerprint density at radius 1 is 1.32 bits per heavy atom. The van der Waals surface area contributed by atoms with Crippen LogP contribution in [0.3, 0.4) is 0 Å². The molecule has 2 amide bonds. The molecule has 2 aliphatic rings. The Hall–Kier alpha value is -2.15. The van der Waals surface area contributed by atoms with Gasteiger partial charge in [-0.05, 0) is 43.7 Å². The van der Waals surface area contributed by atoms with Crippen LogP contribution in [0.5, 0.6) is 0 Å². The number of carbonyl (C=O) groups excluding carboxylic acids is 2. The maximum absolute atomic E-state index is 12.8. The summed E-state index contributed by atoms with van der Waals surface area (Å²) in [6, 6.07) is 3.68. The molecule has 1 aromatic heterocycles. The largest absolute Gasteiger partial charge is 0.380 e. The number of hydrogen-bond donors (Lipinski definition) is 1. The van der Waals surface area contributed by atoms with E-state index in [1.165, 1.54) is 0 Å². The van der Waals surface area contributed by atoms with Crippen molar-refractivity contribution in [1.29, 1.82) is 0 Å². The van der Waals surface area contributed by atoms with Crippen LogP contribution in [0, 0.1) is 5.92 Å². The van der Waals surface area contributed by atoms with E-state index in [0.717, 1.165) is 57.7 Å². The maximum atomic E-state index is 12.8. The van der Waals surface area contributed by atoms with Crippen LogP contribution in [0.1, 0.15) is 49.4 Å². The number of piperidine rings is 1. The summed E-state index contributed by atoms with van der Waals surface area (Å²) in [5.74, 6) is 1.58. The van der Waals surface area contributed by atoms with Gasteiger partial charge >= 0.3 is 0 Å². The zero-order valence-corrected chi connectivity index (χ0v) is 17.0. The molecular weight excluding hydrogens is 356 g/mol. The smallest absolute Gasteiger partial charge is 0.255 e. The minimum absolute atomic E-state index is 0.0399. The van der Waals surface area contributed by atoms with E-state index < -0.39 is 0 Å². The van der Waals surface area contributed by atoms with Crippen LogP contribution in [0.4, 0.5) is 5.82 Å². The maximum Gasteiger partial charge on any atom is 0.255 e. The van der Waals surface area contributed by atoms with Crippen LogP contribution in [0.15, 0.2) is 18.3 Å². The summed E-state index contributed by atoms with van der Waals surface area (Å²) < 4.78 is 5.35. The van der Waals surface area contributed by atoms with Crippen molar-refractivity contribution in [3.63, 3.8) is 0 Å². The lowest BCUT2D eigenvalue weighted by Gasteiger charge is -2.34. The van der Waals surface area contributed by atoms with E-state index in [-0.39, 0.29) is 17.9 Å². The number of rotatable bonds is 8. The summed E-state index contributed by atoms with van der Waals surface area (Å²) in [6.45, 7) is 6.02. The number of amides is 2. The normalized spacial score (nSPS) is 19.1. The Kier molecular flexibility index (Phi) is 7.25. The molecule has 3 heterocycles. The number of likely N-dealkylation sites (tertiary alicyclic amines) is 2. The standard InChI is InChI=1S/C21H32N4O3/c1-3-18(28-2)14-23-19-7-6-17(13-22-19)21(27)24-11-8-16(9-12-24)15-25-10-4-5-20(25)26/h6-7,13,16,18H,3-5,8-12,14-15H2,1-2H3,(H,22,23). The Balaban J connectivity index is 1.46. The van der Waals surface area contributed by atoms with Gasteiger partial charge in [0.2, 0.25) is 5.91 Å². The summed E-state index contributed by atoms with van der Waals surface area (Å²) >= 11 is 0. The fourth-order valence-electron chi connectivity index (χ4n) is 3.95. The molecule has 154 valence electrons. The molecule has 7 nitrogen and oxygen atoms in total. The molecule has 1 atom stereocenters. The van der Waals surface area contributed by atoms with Gasteiger partial charge in [0.1, 0.15) is 5.82 Å². The first-order valence-corrected chi connectivity index (χ1v) is 10.4. The third-order valence-corrected chi connectivity index (χ3v) is 5.86. The first kappa shape index (κ1) is 20.6. The van der Waals surface area contributed by atoms with Crippen molar-refractivity contribution in [3.05, 3.63) is 23.9 Å². The lowest BCUT2D eigenvalue weighted by atomic mass is 9.96. The molecule has 0 bridgehead atoms. The van der Waals surface area contributed by atoms with Gasteiger partial charge < -0.3 is 19.9 Å². The predicted molar refractivity (Wildman–Crippen MR) is 108 cm³/mol. The Bertz CT molecular complexity index is 652. The highest BCUT2D eigenvalue weighted by Gasteiger charge is 2.28. The van der Waals surface area contributed by atoms with Crippen molar-refractivity contribution >= 4 is 17.6 Å². The fraction of sp³-hybridized carbons (Fsp3) is 0.667. The first-order valence-electron chi connectivity index (χ1n) is 10.4. The monoisotopic (exact) mass is 388 g/mol. The fourth-order valence-corrected chi connectivity index (χ4v) is 3.95. The predicted octanol–water partition coefficient (Wildman–Crippen LogP) is 2.39. The van der Waals surface area contributed by atoms with Crippen molar-refractivity contribution < 1.29 is 14.3 Å². The number of pyridine rings is 1. The molecule has 2 fully saturated rings. The van der Waals surface area contributed by atoms with Gasteiger partial charge in [-0.15, -0.1) is 0 Å². The highest BCUT2D eigenvalue weighted by Crippen LogP contribution is 2.22. The minimum atomic E-state index is 0.0399. The molecule has 0 radical (unpaired) electrons. The van der Waals surface area contributed by atoms with Gasteiger partial charge in [0.15, 0.2) is 0 Å². The number of methoxy groups -OCH3 is 1. The van der Waals surface area contributed by atoms with E-state index in [1.807, 2.05) is 21.9 Å². The zero-order valence-electron chi connectivity index (χ0n) is 17.0. The summed E-state index contributed by atoms with van der Waals surface area (Å²) in [4.78, 5) is 32.8. The second kappa shape index (κ2) is 9.87. The van der Waals surface area contributed by atoms with Crippen LogP contribution in [0.2, 0.25) is 0 Å². The molecule has 0 aliphatic carbocycles. The second-order valence-corrected chi connectivity index (χ2v) is 7.76. The molecule has 7 heteroatoms. The zero-order chi connectivity index (χ0) is 19.9. The van der Waals surface area contributed by atoms with Crippen molar-refractivity contribution in [2.24, 2.45) is 5.92 Å². The van der Waals surface area contributed by atoms with Gasteiger partial charge in [-0.25, -0.2) is 4.98 Å². The second-order valence-electron chi connectivity index (χ2n) is 7.76. The van der Waals surface area contributed by atoms with Crippen LogP contribution in [-0.4, -0.2) is 72.5 Å². The van der Waals surface area contributed by atoms with E-state index in [1.54, 1.807) is 13.3 Å². The van der Waals surface area contributed by atoms with E-state index >= 15 is 0 Å². The molecule has 2 aliphatic heterocycles. The molecule has 3 rings (SSSR count). The van der Waals surface area contributed by atoms with Gasteiger partial charge in [0, 0.05) is 52.5 Å². The summed E-state index contributed by atoms with van der Waals surface area (Å²) in [5.41, 5.74) is 0.623. The molecule has 1 aromatic rings. The van der Waals surface area contributed by atoms with Crippen LogP contribution >= 0.6 is 0 Å². The minimum Gasteiger partial charge on any atom is -0.380 e. The lowest BCUT2D eigenvalue weighted by molar-refractivity contribution is -0.128. The number of ether oxygens (including phenoxy) is 1. The van der Waals surface area contributed by atoms with Gasteiger partial charge in [-0.1, -0.05) is 6.92 Å². The molecule has 0 saturated carbocycles. The number of aromatic nitrogens is 1. The van der Waals surface area contributed by atoms with E-state index in [9.17, 15) is 9.59 Å². The molecule has 28 heavy (non-hydrogen) atoms. The Labute approximate surface area is 167 Å². The molecule has 0 aromatic carbocycles. The van der Waals surface area contributed by atoms with Crippen LogP contribution in [0.25, 0.3) is 0 Å². The number of nitrogens with zero attached hydrogens (tertiary/aromatic N) is 3. The molecule has 1 N–H and O–H groups in total. The molecule has 2 saturated heterocycles. The van der Waals surface area contributed by atoms with E-state index in [0.29, 0.717) is 24.4 Å². The SMILES string of the molecule is CCC(CNc1ccc(C(=O)N2CCC(CN3CCCC3=O)CC2)cn1)OC. The number of nitrogens with one attached hydrogen (secondary N) is 1. The average molecular weight is 389 g/mol. The third kappa shape index (κ3) is 5.22. The number of carbonyl (C=O) groups is 2. The van der Waals surface area contributed by atoms with Crippen LogP contribution in [-0.2, 0) is 9.53 Å². The molecule has 0 spiro atoms. The summed E-state index contributed by atoms with van der Waals surface area (Å²) in [7, 11) is 1.71. The quantitative estimate of drug-likeness (QED) is 0.740. The van der Waals surface area contributed by atoms with Crippen molar-refractivity contribution in [3.8, 4) is 0 Å². The number of hydrogen-bond acceptors (Lipinski definition) is 5. The Morgan fingerprint density at radius 3 is 2.68 bits per heavy atom. The highest BCUT2D eigenvalue weighted by molar-refractivity contribution is 5.94. The average Bonchev–Trinajstić information content (AvgIpc) is 3.14. The Morgan fingerprint density at radius 2 is 2.11 bits per heavy atom. The van der Waals surface area contributed by atoms with Gasteiger partial charge in [0.05, 0.1) is 11.7 Å². The molecular formula is C21H32N4O3. The van der Waals surface area contributed by atoms with Gasteiger partial charge in [0.25, 0.3) is 5.91 Å². The van der Waals surface area contributed by atoms with Crippen LogP contribution < -0.4 is 5.32 Å². The first-order chi connectivity index (χ1) is 13.6. The number of anilines is 1. The van der Waals surface area contributed by atoms with Crippen molar-refractivity contribution in [2.45, 2.75) is 45.1 Å². The van der Waals surface area contributed by atoms with Gasteiger partial charge in [-0.2, -0.15) is 0 Å². The molecule has 1 unspecified atom stereocenters. The lowest BCUT2D eigenvalue weighted by Crippen LogP contribution is -2.41. The van der Waals surface area contributed by atoms with E-state index in [2.05, 4.69) is 17.2 Å². The topological polar surface area (TPSA) is 74.8 Å². The van der Waals surface area contributed by atoms with Crippen molar-refractivity contribution in [1.82, 2.24) is 14.8 Å². The summed E-state index contributed by atoms with van der Waals surface area (Å²) in [5, 5.41) is 3.24. The van der Waals surface area contributed by atoms with Crippen molar-refractivity contribution in [2.75, 3.05) is 45.2 Å². The summed E-state index contributed by atoms with van der Waals surface area (Å²) in [6.07, 6.45) is 6.32.